The fourth-order valence-corrected chi connectivity index (χ4v) is 2.34. The highest BCUT2D eigenvalue weighted by atomic mass is 16.3. The van der Waals surface area contributed by atoms with E-state index >= 15 is 0 Å². The number of nitrogens with one attached hydrogen (secondary N) is 1. The van der Waals surface area contributed by atoms with Gasteiger partial charge < -0.3 is 14.8 Å². The van der Waals surface area contributed by atoms with Crippen LogP contribution in [0.15, 0.2) is 16.7 Å². The number of hydrogen-bond acceptors (Lipinski definition) is 3. The van der Waals surface area contributed by atoms with Crippen LogP contribution in [0.4, 0.5) is 0 Å². The van der Waals surface area contributed by atoms with Crippen LogP contribution in [0, 0.1) is 18.3 Å². The molecule has 0 saturated carbocycles. The Morgan fingerprint density at radius 1 is 1.33 bits per heavy atom. The second-order valence-electron chi connectivity index (χ2n) is 6.25. The maximum Gasteiger partial charge on any atom is 0.123 e. The van der Waals surface area contributed by atoms with Crippen LogP contribution >= 0.6 is 0 Å². The van der Waals surface area contributed by atoms with Gasteiger partial charge in [-0.2, -0.15) is 0 Å². The zero-order valence-electron chi connectivity index (χ0n) is 12.4. The van der Waals surface area contributed by atoms with Crippen molar-refractivity contribution in [1.29, 1.82) is 0 Å². The van der Waals surface area contributed by atoms with Gasteiger partial charge in [0.1, 0.15) is 5.76 Å². The molecule has 0 aliphatic rings. The number of aliphatic hydroxyl groups excluding tert-OH is 1. The quantitative estimate of drug-likeness (QED) is 0.817. The highest BCUT2D eigenvalue weighted by Crippen LogP contribution is 2.27. The van der Waals surface area contributed by atoms with Crippen molar-refractivity contribution >= 4 is 0 Å². The Morgan fingerprint density at radius 3 is 2.39 bits per heavy atom. The third-order valence-corrected chi connectivity index (χ3v) is 3.59. The Morgan fingerprint density at radius 2 is 1.94 bits per heavy atom. The molecular formula is C15H27NO2. The van der Waals surface area contributed by atoms with Crippen molar-refractivity contribution in [2.75, 3.05) is 6.54 Å². The summed E-state index contributed by atoms with van der Waals surface area (Å²) >= 11 is 0. The smallest absolute Gasteiger partial charge is 0.123 e. The van der Waals surface area contributed by atoms with Gasteiger partial charge in [0.15, 0.2) is 0 Å². The van der Waals surface area contributed by atoms with Crippen LogP contribution < -0.4 is 5.32 Å². The molecule has 0 saturated heterocycles. The summed E-state index contributed by atoms with van der Waals surface area (Å²) in [6, 6.07) is 2.14. The van der Waals surface area contributed by atoms with Gasteiger partial charge in [-0.25, -0.2) is 0 Å². The second kappa shape index (κ2) is 5.89. The van der Waals surface area contributed by atoms with E-state index in [1.807, 2.05) is 26.8 Å². The first-order chi connectivity index (χ1) is 8.25. The minimum atomic E-state index is -0.310. The molecule has 3 nitrogen and oxygen atoms in total. The molecule has 2 N–H and O–H groups in total. The fourth-order valence-electron chi connectivity index (χ4n) is 2.34. The van der Waals surface area contributed by atoms with Crippen LogP contribution in [0.3, 0.4) is 0 Å². The number of aliphatic hydroxyl groups is 1. The van der Waals surface area contributed by atoms with E-state index in [2.05, 4.69) is 26.1 Å². The van der Waals surface area contributed by atoms with Gasteiger partial charge in [-0.15, -0.1) is 0 Å². The lowest BCUT2D eigenvalue weighted by molar-refractivity contribution is 0.0120. The van der Waals surface area contributed by atoms with E-state index in [0.29, 0.717) is 0 Å². The molecule has 0 spiro atoms. The van der Waals surface area contributed by atoms with Crippen molar-refractivity contribution in [3.05, 3.63) is 23.7 Å². The molecule has 0 fully saturated rings. The first-order valence-corrected chi connectivity index (χ1v) is 6.71. The van der Waals surface area contributed by atoms with E-state index in [9.17, 15) is 5.11 Å². The molecule has 1 aromatic rings. The Hall–Kier alpha value is -0.800. The highest BCUT2D eigenvalue weighted by molar-refractivity contribution is 5.17. The molecule has 0 aromatic carbocycles. The Kier molecular flexibility index (Phi) is 5.00. The van der Waals surface area contributed by atoms with Crippen LogP contribution in [0.5, 0.6) is 0 Å². The summed E-state index contributed by atoms with van der Waals surface area (Å²) in [4.78, 5) is 0. The average Bonchev–Trinajstić information content (AvgIpc) is 2.71. The molecule has 1 heterocycles. The predicted molar refractivity (Wildman–Crippen MR) is 74.5 cm³/mol. The predicted octanol–water partition coefficient (Wildman–Crippen LogP) is 3.28. The summed E-state index contributed by atoms with van der Waals surface area (Å²) in [6.07, 6.45) is 1.41. The van der Waals surface area contributed by atoms with Crippen LogP contribution in [0.2, 0.25) is 0 Å². The minimum Gasteiger partial charge on any atom is -0.467 e. The molecule has 0 bridgehead atoms. The first-order valence-electron chi connectivity index (χ1n) is 6.71. The zero-order valence-corrected chi connectivity index (χ0v) is 12.4. The topological polar surface area (TPSA) is 45.4 Å². The normalized spacial score (nSPS) is 16.0. The summed E-state index contributed by atoms with van der Waals surface area (Å²) in [7, 11) is 0. The molecule has 0 amide bonds. The van der Waals surface area contributed by atoms with Gasteiger partial charge >= 0.3 is 0 Å². The summed E-state index contributed by atoms with van der Waals surface area (Å²) in [6.45, 7) is 13.2. The first kappa shape index (κ1) is 15.3. The lowest BCUT2D eigenvalue weighted by Crippen LogP contribution is -2.42. The molecular weight excluding hydrogens is 226 g/mol. The number of rotatable bonds is 6. The Bertz CT molecular complexity index is 368. The Balaban J connectivity index is 2.57. The molecule has 18 heavy (non-hydrogen) atoms. The van der Waals surface area contributed by atoms with Crippen LogP contribution in [-0.4, -0.2) is 17.8 Å². The van der Waals surface area contributed by atoms with Gasteiger partial charge in [0.25, 0.3) is 0 Å². The second-order valence-corrected chi connectivity index (χ2v) is 6.25. The highest BCUT2D eigenvalue weighted by Gasteiger charge is 2.30. The van der Waals surface area contributed by atoms with Gasteiger partial charge in [0.05, 0.1) is 18.4 Å². The monoisotopic (exact) mass is 253 g/mol. The molecule has 1 aromatic heterocycles. The molecule has 0 aliphatic carbocycles. The van der Waals surface area contributed by atoms with E-state index in [-0.39, 0.29) is 23.5 Å². The molecule has 2 atom stereocenters. The van der Waals surface area contributed by atoms with Crippen molar-refractivity contribution in [1.82, 2.24) is 5.32 Å². The molecule has 0 aliphatic heterocycles. The van der Waals surface area contributed by atoms with E-state index in [1.165, 1.54) is 0 Å². The summed E-state index contributed by atoms with van der Waals surface area (Å²) < 4.78 is 5.47. The largest absolute Gasteiger partial charge is 0.467 e. The molecule has 3 heteroatoms. The molecule has 0 radical (unpaired) electrons. The van der Waals surface area contributed by atoms with Crippen molar-refractivity contribution in [3.63, 3.8) is 0 Å². The summed E-state index contributed by atoms with van der Waals surface area (Å²) in [5.74, 6) is 1.24. The Labute approximate surface area is 111 Å². The van der Waals surface area contributed by atoms with Gasteiger partial charge in [-0.05, 0) is 31.4 Å². The summed E-state index contributed by atoms with van der Waals surface area (Å²) in [5, 5.41) is 13.6. The SMILES string of the molecule is Cc1ccoc1C(C)NCC(C)(C)C(O)C(C)C. The van der Waals surface area contributed by atoms with E-state index < -0.39 is 0 Å². The van der Waals surface area contributed by atoms with Gasteiger partial charge in [-0.3, -0.25) is 0 Å². The van der Waals surface area contributed by atoms with Crippen LogP contribution in [-0.2, 0) is 0 Å². The lowest BCUT2D eigenvalue weighted by atomic mass is 9.80. The minimum absolute atomic E-state index is 0.150. The van der Waals surface area contributed by atoms with Gasteiger partial charge in [0, 0.05) is 12.0 Å². The number of aryl methyl sites for hydroxylation is 1. The van der Waals surface area contributed by atoms with Gasteiger partial charge in [0.2, 0.25) is 0 Å². The van der Waals surface area contributed by atoms with Crippen LogP contribution in [0.25, 0.3) is 0 Å². The van der Waals surface area contributed by atoms with E-state index in [1.54, 1.807) is 6.26 Å². The van der Waals surface area contributed by atoms with Gasteiger partial charge in [-0.1, -0.05) is 27.7 Å². The van der Waals surface area contributed by atoms with Crippen molar-refractivity contribution in [3.8, 4) is 0 Å². The average molecular weight is 253 g/mol. The standard InChI is InChI=1S/C15H27NO2/c1-10(2)14(17)15(5,6)9-16-12(4)13-11(3)7-8-18-13/h7-8,10,12,14,16-17H,9H2,1-6H3. The van der Waals surface area contributed by atoms with Crippen molar-refractivity contribution < 1.29 is 9.52 Å². The third-order valence-electron chi connectivity index (χ3n) is 3.59. The van der Waals surface area contributed by atoms with Crippen molar-refractivity contribution in [2.24, 2.45) is 11.3 Å². The van der Waals surface area contributed by atoms with Crippen LogP contribution in [0.1, 0.15) is 52.0 Å². The fraction of sp³-hybridized carbons (Fsp3) is 0.733. The van der Waals surface area contributed by atoms with E-state index in [4.69, 9.17) is 4.42 Å². The molecule has 1 rings (SSSR count). The number of furan rings is 1. The maximum absolute atomic E-state index is 10.2. The van der Waals surface area contributed by atoms with Crippen molar-refractivity contribution in [2.45, 2.75) is 53.7 Å². The summed E-state index contributed by atoms with van der Waals surface area (Å²) in [5.41, 5.74) is 1.01. The zero-order chi connectivity index (χ0) is 13.9. The van der Waals surface area contributed by atoms with E-state index in [0.717, 1.165) is 17.9 Å². The molecule has 2 unspecified atom stereocenters. The number of hydrogen-bond donors (Lipinski definition) is 2. The maximum atomic E-state index is 10.2. The lowest BCUT2D eigenvalue weighted by Gasteiger charge is -2.34. The third kappa shape index (κ3) is 3.59. The molecule has 104 valence electrons.